The molecule has 1 aliphatic heterocycles. The lowest BCUT2D eigenvalue weighted by atomic mass is 10.2. The summed E-state index contributed by atoms with van der Waals surface area (Å²) in [6.07, 6.45) is 0. The van der Waals surface area contributed by atoms with E-state index in [1.165, 1.54) is 10.6 Å². The summed E-state index contributed by atoms with van der Waals surface area (Å²) in [6, 6.07) is 11.2. The Morgan fingerprint density at radius 1 is 1.14 bits per heavy atom. The molecule has 0 saturated carbocycles. The molecule has 158 valence electrons. The van der Waals surface area contributed by atoms with Gasteiger partial charge >= 0.3 is 0 Å². The maximum absolute atomic E-state index is 4.72. The van der Waals surface area contributed by atoms with Gasteiger partial charge in [0.15, 0.2) is 5.96 Å². The molecule has 1 aliphatic rings. The van der Waals surface area contributed by atoms with Crippen LogP contribution < -0.4 is 15.5 Å². The van der Waals surface area contributed by atoms with Crippen molar-refractivity contribution in [2.24, 2.45) is 4.99 Å². The number of guanidine groups is 1. The van der Waals surface area contributed by atoms with Gasteiger partial charge in [-0.05, 0) is 39.8 Å². The van der Waals surface area contributed by atoms with Crippen LogP contribution in [0.5, 0.6) is 0 Å². The fraction of sp³-hybridized carbons (Fsp3) is 0.545. The van der Waals surface area contributed by atoms with Crippen molar-refractivity contribution in [2.75, 3.05) is 44.2 Å². The number of aryl methyl sites for hydroxylation is 2. The van der Waals surface area contributed by atoms with Crippen molar-refractivity contribution in [3.05, 3.63) is 45.9 Å². The molecule has 1 atom stereocenters. The predicted molar refractivity (Wildman–Crippen MR) is 124 cm³/mol. The highest BCUT2D eigenvalue weighted by Gasteiger charge is 2.21. The van der Waals surface area contributed by atoms with Crippen molar-refractivity contribution in [1.29, 1.82) is 0 Å². The zero-order valence-electron chi connectivity index (χ0n) is 18.1. The summed E-state index contributed by atoms with van der Waals surface area (Å²) in [5.41, 5.74) is 2.44. The van der Waals surface area contributed by atoms with Crippen molar-refractivity contribution < 1.29 is 0 Å². The fourth-order valence-electron chi connectivity index (χ4n) is 3.53. The van der Waals surface area contributed by atoms with Gasteiger partial charge in [-0.1, -0.05) is 18.2 Å². The molecule has 0 aliphatic carbocycles. The highest BCUT2D eigenvalue weighted by molar-refractivity contribution is 7.11. The van der Waals surface area contributed by atoms with Gasteiger partial charge < -0.3 is 15.5 Å². The molecule has 1 unspecified atom stereocenters. The number of nitrogens with one attached hydrogen (secondary N) is 2. The number of benzene rings is 1. The molecular weight excluding hydrogens is 380 g/mol. The van der Waals surface area contributed by atoms with E-state index < -0.39 is 0 Å². The predicted octanol–water partition coefficient (Wildman–Crippen LogP) is 3.03. The SMILES string of the molecule is CCNC(=NCc1nc(C)c(C)s1)NCC(C)N1CCN(c2ccccc2)CC1. The monoisotopic (exact) mass is 414 g/mol. The minimum atomic E-state index is 0.459. The van der Waals surface area contributed by atoms with E-state index in [1.807, 2.05) is 0 Å². The van der Waals surface area contributed by atoms with Crippen molar-refractivity contribution in [2.45, 2.75) is 40.3 Å². The van der Waals surface area contributed by atoms with E-state index in [2.05, 4.69) is 83.4 Å². The molecule has 1 aromatic carbocycles. The first-order chi connectivity index (χ1) is 14.1. The lowest BCUT2D eigenvalue weighted by Crippen LogP contribution is -2.53. The Hall–Kier alpha value is -2.12. The molecular formula is C22H34N6S. The molecule has 2 heterocycles. The molecule has 0 amide bonds. The lowest BCUT2D eigenvalue weighted by Gasteiger charge is -2.39. The van der Waals surface area contributed by atoms with E-state index in [9.17, 15) is 0 Å². The first-order valence-corrected chi connectivity index (χ1v) is 11.4. The van der Waals surface area contributed by atoms with Crippen molar-refractivity contribution in [3.63, 3.8) is 0 Å². The summed E-state index contributed by atoms with van der Waals surface area (Å²) in [6.45, 7) is 15.2. The van der Waals surface area contributed by atoms with Crippen LogP contribution in [0.1, 0.15) is 29.4 Å². The van der Waals surface area contributed by atoms with E-state index >= 15 is 0 Å². The summed E-state index contributed by atoms with van der Waals surface area (Å²) in [7, 11) is 0. The van der Waals surface area contributed by atoms with Crippen LogP contribution in [0.3, 0.4) is 0 Å². The van der Waals surface area contributed by atoms with Crippen LogP contribution in [0.25, 0.3) is 0 Å². The van der Waals surface area contributed by atoms with E-state index in [-0.39, 0.29) is 0 Å². The van der Waals surface area contributed by atoms with Gasteiger partial charge in [0.25, 0.3) is 0 Å². The first-order valence-electron chi connectivity index (χ1n) is 10.6. The largest absolute Gasteiger partial charge is 0.369 e. The third-order valence-corrected chi connectivity index (χ3v) is 6.47. The minimum Gasteiger partial charge on any atom is -0.369 e. The molecule has 0 radical (unpaired) electrons. The second kappa shape index (κ2) is 10.6. The summed E-state index contributed by atoms with van der Waals surface area (Å²) in [4.78, 5) is 15.6. The smallest absolute Gasteiger partial charge is 0.191 e. The number of piperazine rings is 1. The Morgan fingerprint density at radius 2 is 1.86 bits per heavy atom. The van der Waals surface area contributed by atoms with Crippen molar-refractivity contribution >= 4 is 23.0 Å². The maximum atomic E-state index is 4.72. The number of thiazole rings is 1. The number of aromatic nitrogens is 1. The van der Waals surface area contributed by atoms with Gasteiger partial charge in [0.2, 0.25) is 0 Å². The van der Waals surface area contributed by atoms with Crippen LogP contribution in [0.4, 0.5) is 5.69 Å². The zero-order valence-corrected chi connectivity index (χ0v) is 18.9. The highest BCUT2D eigenvalue weighted by atomic mass is 32.1. The minimum absolute atomic E-state index is 0.459. The standard InChI is InChI=1S/C22H34N6S/c1-5-23-22(25-16-21-26-18(3)19(4)29-21)24-15-17(2)27-11-13-28(14-12-27)20-9-7-6-8-10-20/h6-10,17H,5,11-16H2,1-4H3,(H2,23,24,25). The summed E-state index contributed by atoms with van der Waals surface area (Å²) < 4.78 is 0. The molecule has 1 aromatic heterocycles. The van der Waals surface area contributed by atoms with Gasteiger partial charge in [-0.3, -0.25) is 4.90 Å². The molecule has 3 rings (SSSR count). The summed E-state index contributed by atoms with van der Waals surface area (Å²) >= 11 is 1.73. The van der Waals surface area contributed by atoms with Crippen LogP contribution in [0.2, 0.25) is 0 Å². The second-order valence-corrected chi connectivity index (χ2v) is 8.82. The Morgan fingerprint density at radius 3 is 2.48 bits per heavy atom. The third kappa shape index (κ3) is 6.18. The van der Waals surface area contributed by atoms with E-state index in [4.69, 9.17) is 4.99 Å². The number of rotatable bonds is 7. The fourth-order valence-corrected chi connectivity index (χ4v) is 4.39. The Bertz CT molecular complexity index is 760. The Kier molecular flexibility index (Phi) is 7.89. The number of hydrogen-bond acceptors (Lipinski definition) is 5. The summed E-state index contributed by atoms with van der Waals surface area (Å²) in [5, 5.41) is 7.93. The van der Waals surface area contributed by atoms with Crippen LogP contribution in [0.15, 0.2) is 35.3 Å². The third-order valence-electron chi connectivity index (χ3n) is 5.41. The molecule has 6 nitrogen and oxygen atoms in total. The molecule has 1 fully saturated rings. The van der Waals surface area contributed by atoms with E-state index in [1.54, 1.807) is 11.3 Å². The van der Waals surface area contributed by atoms with E-state index in [0.717, 1.165) is 55.9 Å². The van der Waals surface area contributed by atoms with Gasteiger partial charge in [-0.15, -0.1) is 11.3 Å². The lowest BCUT2D eigenvalue weighted by molar-refractivity contribution is 0.197. The first kappa shape index (κ1) is 21.6. The van der Waals surface area contributed by atoms with Gasteiger partial charge in [0.1, 0.15) is 5.01 Å². The molecule has 1 saturated heterocycles. The topological polar surface area (TPSA) is 55.8 Å². The number of hydrogen-bond donors (Lipinski definition) is 2. The highest BCUT2D eigenvalue weighted by Crippen LogP contribution is 2.17. The van der Waals surface area contributed by atoms with Crippen LogP contribution in [-0.2, 0) is 6.54 Å². The summed E-state index contributed by atoms with van der Waals surface area (Å²) in [5.74, 6) is 0.868. The quantitative estimate of drug-likeness (QED) is 0.539. The zero-order chi connectivity index (χ0) is 20.6. The molecule has 2 aromatic rings. The molecule has 0 bridgehead atoms. The van der Waals surface area contributed by atoms with Crippen LogP contribution in [0, 0.1) is 13.8 Å². The number of aliphatic imine (C=N–C) groups is 1. The van der Waals surface area contributed by atoms with Crippen LogP contribution in [-0.4, -0.2) is 61.2 Å². The number of para-hydroxylation sites is 1. The molecule has 0 spiro atoms. The van der Waals surface area contributed by atoms with Crippen LogP contribution >= 0.6 is 11.3 Å². The number of nitrogens with zero attached hydrogens (tertiary/aromatic N) is 4. The van der Waals surface area contributed by atoms with E-state index in [0.29, 0.717) is 12.6 Å². The number of anilines is 1. The second-order valence-electron chi connectivity index (χ2n) is 7.53. The average Bonchev–Trinajstić information content (AvgIpc) is 3.08. The van der Waals surface area contributed by atoms with Gasteiger partial charge in [0.05, 0.1) is 12.2 Å². The maximum Gasteiger partial charge on any atom is 0.191 e. The van der Waals surface area contributed by atoms with Crippen molar-refractivity contribution in [3.8, 4) is 0 Å². The Balaban J connectivity index is 1.47. The molecule has 2 N–H and O–H groups in total. The van der Waals surface area contributed by atoms with Gasteiger partial charge in [-0.25, -0.2) is 9.98 Å². The van der Waals surface area contributed by atoms with Crippen molar-refractivity contribution in [1.82, 2.24) is 20.5 Å². The average molecular weight is 415 g/mol. The molecule has 29 heavy (non-hydrogen) atoms. The normalized spacial score (nSPS) is 16.7. The Labute approximate surface area is 179 Å². The van der Waals surface area contributed by atoms with Gasteiger partial charge in [-0.2, -0.15) is 0 Å². The molecule has 7 heteroatoms. The van der Waals surface area contributed by atoms with Gasteiger partial charge in [0, 0.05) is 55.9 Å².